The number of rotatable bonds is 16. The Bertz CT molecular complexity index is 897. The Labute approximate surface area is 224 Å². The lowest BCUT2D eigenvalue weighted by Gasteiger charge is -2.39. The van der Waals surface area contributed by atoms with E-state index in [4.69, 9.17) is 23.4 Å². The van der Waals surface area contributed by atoms with Crippen LogP contribution in [0.25, 0.3) is 0 Å². The maximum atomic E-state index is 11.6. The van der Waals surface area contributed by atoms with Crippen LogP contribution in [0.2, 0.25) is 18.1 Å². The van der Waals surface area contributed by atoms with Crippen molar-refractivity contribution in [3.63, 3.8) is 0 Å². The van der Waals surface area contributed by atoms with Crippen LogP contribution in [0.4, 0.5) is 0 Å². The Balaban J connectivity index is 2.36. The second-order valence-corrected chi connectivity index (χ2v) is 15.5. The summed E-state index contributed by atoms with van der Waals surface area (Å²) < 4.78 is 30.4. The van der Waals surface area contributed by atoms with Crippen molar-refractivity contribution in [1.82, 2.24) is 0 Å². The molecule has 0 aromatic heterocycles. The molecule has 206 valence electrons. The molecule has 6 nitrogen and oxygen atoms in total. The van der Waals surface area contributed by atoms with Gasteiger partial charge >= 0.3 is 0 Å². The predicted octanol–water partition coefficient (Wildman–Crippen LogP) is 6.11. The number of hydrogen-bond donors (Lipinski definition) is 1. The molecular weight excluding hydrogens is 484 g/mol. The fraction of sp³-hybridized carbons (Fsp3) is 0.533. The maximum absolute atomic E-state index is 11.6. The highest BCUT2D eigenvalue weighted by Gasteiger charge is 2.41. The Morgan fingerprint density at radius 1 is 0.865 bits per heavy atom. The summed E-state index contributed by atoms with van der Waals surface area (Å²) >= 11 is 0. The van der Waals surface area contributed by atoms with E-state index in [0.717, 1.165) is 11.1 Å². The summed E-state index contributed by atoms with van der Waals surface area (Å²) in [5, 5.41) is 11.6. The monoisotopic (exact) mass is 530 g/mol. The van der Waals surface area contributed by atoms with Crippen molar-refractivity contribution in [2.75, 3.05) is 20.5 Å². The second-order valence-electron chi connectivity index (χ2n) is 10.7. The van der Waals surface area contributed by atoms with Gasteiger partial charge in [0.15, 0.2) is 8.32 Å². The number of methoxy groups -OCH3 is 1. The van der Waals surface area contributed by atoms with E-state index in [1.165, 1.54) is 0 Å². The van der Waals surface area contributed by atoms with Crippen LogP contribution in [0.1, 0.15) is 38.8 Å². The average molecular weight is 531 g/mol. The molecule has 2 rings (SSSR count). The Morgan fingerprint density at radius 2 is 1.41 bits per heavy atom. The van der Waals surface area contributed by atoms with Crippen molar-refractivity contribution in [2.24, 2.45) is 0 Å². The molecule has 0 amide bonds. The van der Waals surface area contributed by atoms with E-state index >= 15 is 0 Å². The van der Waals surface area contributed by atoms with Crippen LogP contribution in [0.15, 0.2) is 72.8 Å². The molecule has 1 N–H and O–H groups in total. The Kier molecular flexibility index (Phi) is 13.2. The van der Waals surface area contributed by atoms with E-state index in [1.807, 2.05) is 79.7 Å². The number of aliphatic hydroxyl groups excluding tert-OH is 1. The smallest absolute Gasteiger partial charge is 0.192 e. The SMILES string of the molecule is C/C=C/[C@@H](OCOC)[C@H](O)[C@H](OCc1ccccc1)[C@H](CO[Si](C)(C)C(C)(C)C)OCc1ccccc1. The van der Waals surface area contributed by atoms with Gasteiger partial charge in [-0.1, -0.05) is 93.6 Å². The van der Waals surface area contributed by atoms with Crippen molar-refractivity contribution >= 4 is 8.32 Å². The third kappa shape index (κ3) is 10.4. The highest BCUT2D eigenvalue weighted by Crippen LogP contribution is 2.37. The van der Waals surface area contributed by atoms with Gasteiger partial charge in [-0.15, -0.1) is 0 Å². The normalized spacial score (nSPS) is 16.0. The van der Waals surface area contributed by atoms with Crippen LogP contribution in [-0.2, 0) is 36.6 Å². The van der Waals surface area contributed by atoms with E-state index in [9.17, 15) is 5.11 Å². The minimum Gasteiger partial charge on any atom is -0.414 e. The molecule has 2 aromatic carbocycles. The molecule has 0 unspecified atom stereocenters. The molecule has 2 aromatic rings. The highest BCUT2D eigenvalue weighted by molar-refractivity contribution is 6.74. The van der Waals surface area contributed by atoms with Crippen molar-refractivity contribution < 1.29 is 28.5 Å². The van der Waals surface area contributed by atoms with Gasteiger partial charge in [0.05, 0.1) is 19.8 Å². The maximum Gasteiger partial charge on any atom is 0.192 e. The minimum absolute atomic E-state index is 0.0328. The van der Waals surface area contributed by atoms with Crippen molar-refractivity contribution in [1.29, 1.82) is 0 Å². The van der Waals surface area contributed by atoms with Crippen LogP contribution in [0.5, 0.6) is 0 Å². The first-order valence-electron chi connectivity index (χ1n) is 13.0. The molecule has 0 heterocycles. The van der Waals surface area contributed by atoms with Gasteiger partial charge in [-0.25, -0.2) is 0 Å². The molecular formula is C30H46O6Si. The average Bonchev–Trinajstić information content (AvgIpc) is 2.88. The lowest BCUT2D eigenvalue weighted by atomic mass is 10.0. The number of benzene rings is 2. The topological polar surface area (TPSA) is 66.4 Å². The minimum atomic E-state index is -2.09. The molecule has 4 atom stereocenters. The molecule has 0 aliphatic carbocycles. The summed E-state index contributed by atoms with van der Waals surface area (Å²) in [4.78, 5) is 0. The largest absolute Gasteiger partial charge is 0.414 e. The summed E-state index contributed by atoms with van der Waals surface area (Å²) in [7, 11) is -0.532. The van der Waals surface area contributed by atoms with E-state index in [-0.39, 0.29) is 11.8 Å². The molecule has 0 aliphatic heterocycles. The van der Waals surface area contributed by atoms with E-state index in [0.29, 0.717) is 19.8 Å². The summed E-state index contributed by atoms with van der Waals surface area (Å²) in [5.74, 6) is 0. The Morgan fingerprint density at radius 3 is 1.89 bits per heavy atom. The fourth-order valence-electron chi connectivity index (χ4n) is 3.51. The molecule has 0 spiro atoms. The zero-order valence-corrected chi connectivity index (χ0v) is 24.6. The zero-order chi connectivity index (χ0) is 27.3. The van der Waals surface area contributed by atoms with Gasteiger partial charge in [-0.05, 0) is 36.2 Å². The number of allylic oxidation sites excluding steroid dienone is 1. The van der Waals surface area contributed by atoms with Crippen molar-refractivity contribution in [2.45, 2.75) is 83.5 Å². The number of hydrogen-bond acceptors (Lipinski definition) is 6. The first-order chi connectivity index (χ1) is 17.6. The molecule has 0 aliphatic rings. The third-order valence-electron chi connectivity index (χ3n) is 6.81. The lowest BCUT2D eigenvalue weighted by molar-refractivity contribution is -0.178. The molecule has 37 heavy (non-hydrogen) atoms. The van der Waals surface area contributed by atoms with Gasteiger partial charge in [-0.3, -0.25) is 0 Å². The van der Waals surface area contributed by atoms with Gasteiger partial charge < -0.3 is 28.5 Å². The lowest BCUT2D eigenvalue weighted by Crippen LogP contribution is -2.51. The van der Waals surface area contributed by atoms with Gasteiger partial charge in [0.1, 0.15) is 31.2 Å². The molecule has 0 saturated carbocycles. The second kappa shape index (κ2) is 15.5. The molecule has 0 bridgehead atoms. The van der Waals surface area contributed by atoms with E-state index in [1.54, 1.807) is 7.11 Å². The molecule has 7 heteroatoms. The first-order valence-corrected chi connectivity index (χ1v) is 15.9. The van der Waals surface area contributed by atoms with Crippen LogP contribution >= 0.6 is 0 Å². The molecule has 0 fully saturated rings. The zero-order valence-electron chi connectivity index (χ0n) is 23.6. The molecule has 0 saturated heterocycles. The van der Waals surface area contributed by atoms with Gasteiger partial charge in [0.2, 0.25) is 0 Å². The molecule has 0 radical (unpaired) electrons. The fourth-order valence-corrected chi connectivity index (χ4v) is 4.52. The summed E-state index contributed by atoms with van der Waals surface area (Å²) in [6, 6.07) is 19.9. The quantitative estimate of drug-likeness (QED) is 0.161. The van der Waals surface area contributed by atoms with Crippen molar-refractivity contribution in [3.8, 4) is 0 Å². The van der Waals surface area contributed by atoms with Crippen LogP contribution < -0.4 is 0 Å². The van der Waals surface area contributed by atoms with Gasteiger partial charge in [0.25, 0.3) is 0 Å². The summed E-state index contributed by atoms with van der Waals surface area (Å²) in [6.07, 6.45) is 0.758. The standard InChI is InChI=1S/C30H46O6Si/c1-8-15-26(35-23-32-5)28(31)29(34-21-25-18-13-10-14-19-25)27(22-36-37(6,7)30(2,3)4)33-20-24-16-11-9-12-17-24/h8-19,26-29,31H,20-23H2,1-7H3/b15-8+/t26-,27+,28+,29-/m1/s1. The first kappa shape index (κ1) is 31.4. The van der Waals surface area contributed by atoms with Gasteiger partial charge in [0, 0.05) is 7.11 Å². The third-order valence-corrected chi connectivity index (χ3v) is 11.3. The predicted molar refractivity (Wildman–Crippen MR) is 151 cm³/mol. The van der Waals surface area contributed by atoms with Crippen LogP contribution in [0, 0.1) is 0 Å². The number of ether oxygens (including phenoxy) is 4. The van der Waals surface area contributed by atoms with E-state index < -0.39 is 32.7 Å². The summed E-state index contributed by atoms with van der Waals surface area (Å²) in [5.41, 5.74) is 2.05. The van der Waals surface area contributed by atoms with Gasteiger partial charge in [-0.2, -0.15) is 0 Å². The summed E-state index contributed by atoms with van der Waals surface area (Å²) in [6.45, 7) is 14.0. The van der Waals surface area contributed by atoms with Crippen LogP contribution in [-0.4, -0.2) is 58.3 Å². The van der Waals surface area contributed by atoms with Crippen molar-refractivity contribution in [3.05, 3.63) is 83.9 Å². The Hall–Kier alpha value is -1.84. The van der Waals surface area contributed by atoms with Crippen LogP contribution in [0.3, 0.4) is 0 Å². The highest BCUT2D eigenvalue weighted by atomic mass is 28.4. The number of aliphatic hydroxyl groups is 1. The van der Waals surface area contributed by atoms with E-state index in [2.05, 4.69) is 33.9 Å².